The number of rotatable bonds is 4. The summed E-state index contributed by atoms with van der Waals surface area (Å²) in [6.45, 7) is 1.56. The van der Waals surface area contributed by atoms with Crippen LogP contribution in [0.25, 0.3) is 0 Å². The van der Waals surface area contributed by atoms with E-state index in [4.69, 9.17) is 5.11 Å². The summed E-state index contributed by atoms with van der Waals surface area (Å²) >= 11 is 3.29. The molecule has 5 heteroatoms. The van der Waals surface area contributed by atoms with E-state index in [1.807, 2.05) is 6.07 Å². The highest BCUT2D eigenvalue weighted by Gasteiger charge is 2.18. The minimum absolute atomic E-state index is 0.276. The molecule has 0 aromatic carbocycles. The summed E-state index contributed by atoms with van der Waals surface area (Å²) in [6, 6.07) is 1.85. The second kappa shape index (κ2) is 4.72. The number of nitrogens with one attached hydrogen (secondary N) is 1. The third kappa shape index (κ3) is 3.61. The highest BCUT2D eigenvalue weighted by molar-refractivity contribution is 9.10. The molecule has 0 radical (unpaired) electrons. The molecule has 0 spiro atoms. The number of aromatic nitrogens is 1. The molecule has 1 atom stereocenters. The number of aliphatic hydroxyl groups is 2. The topological polar surface area (TPSA) is 65.4 Å². The van der Waals surface area contributed by atoms with E-state index >= 15 is 0 Å². The van der Waals surface area contributed by atoms with Gasteiger partial charge in [0, 0.05) is 17.2 Å². The van der Waals surface area contributed by atoms with Crippen LogP contribution in [0.1, 0.15) is 6.92 Å². The zero-order valence-corrected chi connectivity index (χ0v) is 9.45. The van der Waals surface area contributed by atoms with E-state index in [1.165, 1.54) is 0 Å². The molecule has 0 aliphatic carbocycles. The van der Waals surface area contributed by atoms with Gasteiger partial charge in [-0.1, -0.05) is 0 Å². The van der Waals surface area contributed by atoms with E-state index in [-0.39, 0.29) is 13.2 Å². The quantitative estimate of drug-likeness (QED) is 0.756. The van der Waals surface area contributed by atoms with E-state index < -0.39 is 5.60 Å². The molecule has 1 aromatic heterocycles. The van der Waals surface area contributed by atoms with E-state index in [2.05, 4.69) is 26.2 Å². The molecule has 0 aliphatic rings. The smallest absolute Gasteiger partial charge is 0.102 e. The van der Waals surface area contributed by atoms with Gasteiger partial charge in [0.15, 0.2) is 0 Å². The minimum atomic E-state index is -1.11. The van der Waals surface area contributed by atoms with Gasteiger partial charge in [-0.05, 0) is 28.9 Å². The lowest BCUT2D eigenvalue weighted by Crippen LogP contribution is -2.37. The highest BCUT2D eigenvalue weighted by atomic mass is 79.9. The van der Waals surface area contributed by atoms with E-state index in [9.17, 15) is 5.11 Å². The molecule has 3 N–H and O–H groups in total. The van der Waals surface area contributed by atoms with Gasteiger partial charge in [-0.25, -0.2) is 0 Å². The van der Waals surface area contributed by atoms with Crippen LogP contribution in [0.5, 0.6) is 0 Å². The van der Waals surface area contributed by atoms with Gasteiger partial charge in [0.1, 0.15) is 5.60 Å². The summed E-state index contributed by atoms with van der Waals surface area (Å²) in [6.07, 6.45) is 3.33. The molecule has 1 aromatic rings. The van der Waals surface area contributed by atoms with Crippen LogP contribution in [0.2, 0.25) is 0 Å². The highest BCUT2D eigenvalue weighted by Crippen LogP contribution is 2.14. The fourth-order valence-electron chi connectivity index (χ4n) is 0.857. The lowest BCUT2D eigenvalue weighted by atomic mass is 10.1. The maximum absolute atomic E-state index is 9.51. The second-order valence-corrected chi connectivity index (χ2v) is 4.32. The Morgan fingerprint density at radius 2 is 2.29 bits per heavy atom. The van der Waals surface area contributed by atoms with Crippen LogP contribution in [0.3, 0.4) is 0 Å². The molecule has 0 amide bonds. The Morgan fingerprint density at radius 3 is 2.86 bits per heavy atom. The first-order valence-electron chi connectivity index (χ1n) is 4.21. The molecule has 4 nitrogen and oxygen atoms in total. The molecule has 14 heavy (non-hydrogen) atoms. The third-order valence-electron chi connectivity index (χ3n) is 1.72. The summed E-state index contributed by atoms with van der Waals surface area (Å²) in [4.78, 5) is 3.96. The molecule has 1 unspecified atom stereocenters. The molecule has 0 bridgehead atoms. The number of hydrogen-bond donors (Lipinski definition) is 3. The van der Waals surface area contributed by atoms with Crippen molar-refractivity contribution in [3.8, 4) is 0 Å². The molecule has 0 saturated heterocycles. The van der Waals surface area contributed by atoms with Gasteiger partial charge in [-0.15, -0.1) is 0 Å². The largest absolute Gasteiger partial charge is 0.393 e. The van der Waals surface area contributed by atoms with Crippen molar-refractivity contribution >= 4 is 21.6 Å². The van der Waals surface area contributed by atoms with Crippen molar-refractivity contribution in [2.24, 2.45) is 0 Å². The van der Waals surface area contributed by atoms with Gasteiger partial charge in [-0.2, -0.15) is 0 Å². The molecular formula is C9H13BrN2O2. The lowest BCUT2D eigenvalue weighted by Gasteiger charge is -2.21. The first kappa shape index (κ1) is 11.4. The lowest BCUT2D eigenvalue weighted by molar-refractivity contribution is 0.0132. The van der Waals surface area contributed by atoms with Gasteiger partial charge >= 0.3 is 0 Å². The number of halogens is 1. The summed E-state index contributed by atoms with van der Waals surface area (Å²) in [5.74, 6) is 0. The molecule has 78 valence electrons. The maximum Gasteiger partial charge on any atom is 0.102 e. The fourth-order valence-corrected chi connectivity index (χ4v) is 1.22. The summed E-state index contributed by atoms with van der Waals surface area (Å²) < 4.78 is 0.867. The van der Waals surface area contributed by atoms with Crippen LogP contribution in [-0.4, -0.2) is 33.9 Å². The Bertz CT molecular complexity index is 305. The van der Waals surface area contributed by atoms with Gasteiger partial charge in [0.05, 0.1) is 18.5 Å². The summed E-state index contributed by atoms with van der Waals surface area (Å²) in [7, 11) is 0. The molecule has 0 aliphatic heterocycles. The van der Waals surface area contributed by atoms with Gasteiger partial charge in [0.25, 0.3) is 0 Å². The number of hydrogen-bond acceptors (Lipinski definition) is 4. The molecule has 1 heterocycles. The predicted molar refractivity (Wildman–Crippen MR) is 58.1 cm³/mol. The molecule has 0 fully saturated rings. The van der Waals surface area contributed by atoms with Crippen LogP contribution in [0.4, 0.5) is 5.69 Å². The minimum Gasteiger partial charge on any atom is -0.393 e. The second-order valence-electron chi connectivity index (χ2n) is 3.40. The zero-order valence-electron chi connectivity index (χ0n) is 7.87. The number of pyridine rings is 1. The van der Waals surface area contributed by atoms with Crippen LogP contribution < -0.4 is 5.32 Å². The average molecular weight is 261 g/mol. The monoisotopic (exact) mass is 260 g/mol. The molecule has 0 saturated carbocycles. The Labute approximate surface area is 91.1 Å². The Morgan fingerprint density at radius 1 is 1.57 bits per heavy atom. The van der Waals surface area contributed by atoms with Crippen molar-refractivity contribution in [2.75, 3.05) is 18.5 Å². The van der Waals surface area contributed by atoms with E-state index in [1.54, 1.807) is 19.3 Å². The third-order valence-corrected chi connectivity index (χ3v) is 2.15. The van der Waals surface area contributed by atoms with Gasteiger partial charge in [0.2, 0.25) is 0 Å². The van der Waals surface area contributed by atoms with Crippen LogP contribution in [-0.2, 0) is 0 Å². The van der Waals surface area contributed by atoms with Gasteiger partial charge < -0.3 is 15.5 Å². The van der Waals surface area contributed by atoms with Crippen molar-refractivity contribution in [1.29, 1.82) is 0 Å². The Hall–Kier alpha value is -0.650. The van der Waals surface area contributed by atoms with Gasteiger partial charge in [-0.3, -0.25) is 4.98 Å². The van der Waals surface area contributed by atoms with Crippen molar-refractivity contribution in [3.63, 3.8) is 0 Å². The SMILES string of the molecule is CC(O)(CO)CNc1cncc(Br)c1. The number of anilines is 1. The normalized spacial score (nSPS) is 14.9. The maximum atomic E-state index is 9.51. The number of aliphatic hydroxyl groups excluding tert-OH is 1. The van der Waals surface area contributed by atoms with Crippen LogP contribution in [0.15, 0.2) is 22.9 Å². The van der Waals surface area contributed by atoms with Crippen molar-refractivity contribution in [3.05, 3.63) is 22.9 Å². The Balaban J connectivity index is 2.54. The van der Waals surface area contributed by atoms with Crippen molar-refractivity contribution < 1.29 is 10.2 Å². The first-order chi connectivity index (χ1) is 6.53. The first-order valence-corrected chi connectivity index (χ1v) is 5.00. The Kier molecular flexibility index (Phi) is 3.86. The molecular weight excluding hydrogens is 248 g/mol. The van der Waals surface area contributed by atoms with Crippen LogP contribution in [0, 0.1) is 0 Å². The predicted octanol–water partition coefficient (Wildman–Crippen LogP) is 0.999. The zero-order chi connectivity index (χ0) is 10.6. The van der Waals surface area contributed by atoms with E-state index in [0.717, 1.165) is 10.2 Å². The average Bonchev–Trinajstić information content (AvgIpc) is 2.15. The van der Waals surface area contributed by atoms with Crippen LogP contribution >= 0.6 is 15.9 Å². The fraction of sp³-hybridized carbons (Fsp3) is 0.444. The van der Waals surface area contributed by atoms with E-state index in [0.29, 0.717) is 0 Å². The summed E-state index contributed by atoms with van der Waals surface area (Å²) in [5, 5.41) is 21.3. The molecule has 1 rings (SSSR count). The van der Waals surface area contributed by atoms with Crippen molar-refractivity contribution in [2.45, 2.75) is 12.5 Å². The number of nitrogens with zero attached hydrogens (tertiary/aromatic N) is 1. The standard InChI is InChI=1S/C9H13BrN2O2/c1-9(14,6-13)5-12-8-2-7(10)3-11-4-8/h2-4,12-14H,5-6H2,1H3. The summed E-state index contributed by atoms with van der Waals surface area (Å²) in [5.41, 5.74) is -0.310. The van der Waals surface area contributed by atoms with Crippen molar-refractivity contribution in [1.82, 2.24) is 4.98 Å².